The van der Waals surface area contributed by atoms with Gasteiger partial charge in [0, 0.05) is 12.6 Å². The summed E-state index contributed by atoms with van der Waals surface area (Å²) in [6.45, 7) is 0.564. The molecule has 1 aromatic heterocycles. The molecule has 0 aliphatic carbocycles. The van der Waals surface area contributed by atoms with E-state index in [2.05, 4.69) is 17.1 Å². The highest BCUT2D eigenvalue weighted by molar-refractivity contribution is 5.58. The van der Waals surface area contributed by atoms with Crippen molar-refractivity contribution in [2.45, 2.75) is 19.4 Å². The van der Waals surface area contributed by atoms with Crippen LogP contribution in [0.5, 0.6) is 0 Å². The van der Waals surface area contributed by atoms with Gasteiger partial charge in [0.05, 0.1) is 5.69 Å². The molecule has 0 aliphatic heterocycles. The highest BCUT2D eigenvalue weighted by Crippen LogP contribution is 2.16. The fourth-order valence-corrected chi connectivity index (χ4v) is 2.68. The van der Waals surface area contributed by atoms with Crippen LogP contribution in [0.3, 0.4) is 0 Å². The number of nitrogens with zero attached hydrogens (tertiary/aromatic N) is 1. The minimum atomic E-state index is -0.367. The highest BCUT2D eigenvalue weighted by Gasteiger charge is 2.08. The molecule has 0 spiro atoms. The maximum atomic E-state index is 12.2. The van der Waals surface area contributed by atoms with E-state index in [-0.39, 0.29) is 11.2 Å². The Morgan fingerprint density at radius 1 is 0.870 bits per heavy atom. The summed E-state index contributed by atoms with van der Waals surface area (Å²) < 4.78 is 1.64. The summed E-state index contributed by atoms with van der Waals surface area (Å²) >= 11 is 0. The Hall–Kier alpha value is -2.88. The van der Waals surface area contributed by atoms with Crippen LogP contribution >= 0.6 is 0 Å². The summed E-state index contributed by atoms with van der Waals surface area (Å²) in [7, 11) is 0. The second-order valence-corrected chi connectivity index (χ2v) is 5.43. The molecule has 0 fully saturated rings. The maximum Gasteiger partial charge on any atom is 0.328 e. The van der Waals surface area contributed by atoms with Gasteiger partial charge in [-0.05, 0) is 24.0 Å². The van der Waals surface area contributed by atoms with Crippen LogP contribution < -0.4 is 11.2 Å². The molecule has 23 heavy (non-hydrogen) atoms. The lowest BCUT2D eigenvalue weighted by Crippen LogP contribution is -2.30. The fourth-order valence-electron chi connectivity index (χ4n) is 2.68. The molecule has 0 atom stereocenters. The van der Waals surface area contributed by atoms with Crippen LogP contribution in [-0.4, -0.2) is 9.55 Å². The van der Waals surface area contributed by atoms with Gasteiger partial charge in [0.2, 0.25) is 0 Å². The summed E-state index contributed by atoms with van der Waals surface area (Å²) in [5, 5.41) is 0. The molecule has 3 rings (SSSR count). The van der Waals surface area contributed by atoms with Crippen LogP contribution in [0.25, 0.3) is 11.3 Å². The Morgan fingerprint density at radius 2 is 1.52 bits per heavy atom. The van der Waals surface area contributed by atoms with Gasteiger partial charge in [-0.25, -0.2) is 4.79 Å². The zero-order valence-corrected chi connectivity index (χ0v) is 12.7. The van der Waals surface area contributed by atoms with Gasteiger partial charge in [0.15, 0.2) is 0 Å². The number of aryl methyl sites for hydroxylation is 1. The average molecular weight is 306 g/mol. The zero-order chi connectivity index (χ0) is 16.1. The molecule has 0 radical (unpaired) electrons. The third-order valence-corrected chi connectivity index (χ3v) is 3.79. The number of aromatic nitrogens is 2. The van der Waals surface area contributed by atoms with Gasteiger partial charge in [-0.3, -0.25) is 14.3 Å². The van der Waals surface area contributed by atoms with E-state index in [0.717, 1.165) is 18.4 Å². The zero-order valence-electron chi connectivity index (χ0n) is 12.7. The van der Waals surface area contributed by atoms with Gasteiger partial charge in [-0.15, -0.1) is 0 Å². The molecule has 0 aliphatic rings. The van der Waals surface area contributed by atoms with E-state index >= 15 is 0 Å². The van der Waals surface area contributed by atoms with Gasteiger partial charge < -0.3 is 0 Å². The standard InChI is InChI=1S/C19H18N2O2/c22-18-14-17(16-11-5-2-6-12-16)21(19(23)20-18)13-7-10-15-8-3-1-4-9-15/h1-6,8-9,11-12,14H,7,10,13H2,(H,20,22,23). The first-order valence-electron chi connectivity index (χ1n) is 7.67. The lowest BCUT2D eigenvalue weighted by Gasteiger charge is -2.12. The minimum absolute atomic E-state index is 0.357. The quantitative estimate of drug-likeness (QED) is 0.788. The van der Waals surface area contributed by atoms with Crippen molar-refractivity contribution in [1.82, 2.24) is 9.55 Å². The van der Waals surface area contributed by atoms with Crippen LogP contribution in [0, 0.1) is 0 Å². The van der Waals surface area contributed by atoms with Crippen molar-refractivity contribution in [2.75, 3.05) is 0 Å². The molecule has 4 nitrogen and oxygen atoms in total. The van der Waals surface area contributed by atoms with E-state index in [1.807, 2.05) is 48.5 Å². The SMILES string of the molecule is O=c1cc(-c2ccccc2)n(CCCc2ccccc2)c(=O)[nH]1. The van der Waals surface area contributed by atoms with Crippen molar-refractivity contribution in [3.63, 3.8) is 0 Å². The van der Waals surface area contributed by atoms with Crippen LogP contribution in [0.15, 0.2) is 76.3 Å². The molecule has 0 bridgehead atoms. The van der Waals surface area contributed by atoms with Gasteiger partial charge in [-0.1, -0.05) is 60.7 Å². The van der Waals surface area contributed by atoms with E-state index in [0.29, 0.717) is 12.2 Å². The molecule has 0 saturated carbocycles. The van der Waals surface area contributed by atoms with E-state index in [1.165, 1.54) is 11.6 Å². The Bertz CT molecular complexity index is 880. The molecular weight excluding hydrogens is 288 g/mol. The predicted octanol–water partition coefficient (Wildman–Crippen LogP) is 2.84. The first kappa shape index (κ1) is 15.0. The summed E-state index contributed by atoms with van der Waals surface area (Å²) in [6.07, 6.45) is 1.72. The molecule has 0 saturated heterocycles. The first-order chi connectivity index (χ1) is 11.2. The number of aromatic amines is 1. The van der Waals surface area contributed by atoms with Crippen molar-refractivity contribution in [3.8, 4) is 11.3 Å². The molecule has 1 N–H and O–H groups in total. The summed E-state index contributed by atoms with van der Waals surface area (Å²) in [6, 6.07) is 21.2. The largest absolute Gasteiger partial charge is 0.328 e. The lowest BCUT2D eigenvalue weighted by molar-refractivity contribution is 0.611. The first-order valence-corrected chi connectivity index (χ1v) is 7.67. The monoisotopic (exact) mass is 306 g/mol. The molecular formula is C19H18N2O2. The minimum Gasteiger partial charge on any atom is -0.293 e. The van der Waals surface area contributed by atoms with Gasteiger partial charge in [0.1, 0.15) is 0 Å². The Labute approximate surface area is 134 Å². The molecule has 3 aromatic rings. The smallest absolute Gasteiger partial charge is 0.293 e. The number of H-pyrrole nitrogens is 1. The van der Waals surface area contributed by atoms with Crippen LogP contribution in [0.2, 0.25) is 0 Å². The molecule has 2 aromatic carbocycles. The number of benzene rings is 2. The Morgan fingerprint density at radius 3 is 2.22 bits per heavy atom. The van der Waals surface area contributed by atoms with Gasteiger partial charge in [0.25, 0.3) is 5.56 Å². The molecule has 0 unspecified atom stereocenters. The number of nitrogens with one attached hydrogen (secondary N) is 1. The number of hydrogen-bond donors (Lipinski definition) is 1. The molecule has 4 heteroatoms. The third kappa shape index (κ3) is 3.66. The van der Waals surface area contributed by atoms with Crippen molar-refractivity contribution < 1.29 is 0 Å². The third-order valence-electron chi connectivity index (χ3n) is 3.79. The number of hydrogen-bond acceptors (Lipinski definition) is 2. The van der Waals surface area contributed by atoms with Crippen molar-refractivity contribution in [2.24, 2.45) is 0 Å². The predicted molar refractivity (Wildman–Crippen MR) is 91.5 cm³/mol. The van der Waals surface area contributed by atoms with Crippen LogP contribution in [0.4, 0.5) is 0 Å². The topological polar surface area (TPSA) is 54.9 Å². The summed E-state index contributed by atoms with van der Waals surface area (Å²) in [5.74, 6) is 0. The number of rotatable bonds is 5. The fraction of sp³-hybridized carbons (Fsp3) is 0.158. The van der Waals surface area contributed by atoms with E-state index in [9.17, 15) is 9.59 Å². The van der Waals surface area contributed by atoms with Crippen molar-refractivity contribution in [1.29, 1.82) is 0 Å². The van der Waals surface area contributed by atoms with Gasteiger partial charge in [-0.2, -0.15) is 0 Å². The van der Waals surface area contributed by atoms with E-state index < -0.39 is 0 Å². The van der Waals surface area contributed by atoms with Crippen LogP contribution in [-0.2, 0) is 13.0 Å². The second kappa shape index (κ2) is 6.92. The molecule has 1 heterocycles. The molecule has 116 valence electrons. The molecule has 0 amide bonds. The highest BCUT2D eigenvalue weighted by atomic mass is 16.2. The second-order valence-electron chi connectivity index (χ2n) is 5.43. The normalized spacial score (nSPS) is 10.6. The van der Waals surface area contributed by atoms with Gasteiger partial charge >= 0.3 is 5.69 Å². The average Bonchev–Trinajstić information content (AvgIpc) is 2.58. The van der Waals surface area contributed by atoms with Crippen molar-refractivity contribution in [3.05, 3.63) is 93.1 Å². The lowest BCUT2D eigenvalue weighted by atomic mass is 10.1. The Balaban J connectivity index is 1.86. The van der Waals surface area contributed by atoms with Crippen molar-refractivity contribution >= 4 is 0 Å². The van der Waals surface area contributed by atoms with E-state index in [1.54, 1.807) is 4.57 Å². The summed E-state index contributed by atoms with van der Waals surface area (Å²) in [5.41, 5.74) is 2.05. The summed E-state index contributed by atoms with van der Waals surface area (Å²) in [4.78, 5) is 26.2. The Kier molecular flexibility index (Phi) is 4.52. The van der Waals surface area contributed by atoms with E-state index in [4.69, 9.17) is 0 Å². The maximum absolute atomic E-state index is 12.2. The van der Waals surface area contributed by atoms with Crippen LogP contribution in [0.1, 0.15) is 12.0 Å².